The Hall–Kier alpha value is -1.88. The first-order chi connectivity index (χ1) is 8.74. The fraction of sp³-hybridized carbons (Fsp3) is 0.250. The molecule has 0 radical (unpaired) electrons. The Balaban J connectivity index is 2.43. The first kappa shape index (κ1) is 12.6. The van der Waals surface area contributed by atoms with E-state index in [1.807, 2.05) is 6.07 Å². The highest BCUT2D eigenvalue weighted by molar-refractivity contribution is 6.31. The van der Waals surface area contributed by atoms with Gasteiger partial charge in [0.05, 0.1) is 6.61 Å². The minimum atomic E-state index is -0.679. The second kappa shape index (κ2) is 5.64. The highest BCUT2D eigenvalue weighted by Crippen LogP contribution is 2.29. The van der Waals surface area contributed by atoms with Crippen molar-refractivity contribution in [2.24, 2.45) is 0 Å². The smallest absolute Gasteiger partial charge is 0.321 e. The monoisotopic (exact) mass is 265 g/mol. The molecule has 0 aliphatic heterocycles. The number of benzene rings is 1. The van der Waals surface area contributed by atoms with Gasteiger partial charge in [0.1, 0.15) is 18.1 Å². The number of carbonyl (C=O) groups excluding carboxylic acids is 1. The molecule has 6 heteroatoms. The van der Waals surface area contributed by atoms with Crippen molar-refractivity contribution in [2.45, 2.75) is 12.8 Å². The highest BCUT2D eigenvalue weighted by Gasteiger charge is 2.28. The maximum atomic E-state index is 12.0. The minimum absolute atomic E-state index is 0.300. The number of rotatable bonds is 4. The SMILES string of the molecule is CCOC(=O)C(c1ncn[nH]1)c1ccccc1Cl. The van der Waals surface area contributed by atoms with Gasteiger partial charge in [0.25, 0.3) is 0 Å². The summed E-state index contributed by atoms with van der Waals surface area (Å²) in [5.41, 5.74) is 0.648. The van der Waals surface area contributed by atoms with Crippen molar-refractivity contribution in [3.8, 4) is 0 Å². The number of hydrogen-bond donors (Lipinski definition) is 1. The van der Waals surface area contributed by atoms with Gasteiger partial charge < -0.3 is 4.74 Å². The van der Waals surface area contributed by atoms with E-state index in [1.54, 1.807) is 25.1 Å². The number of ether oxygens (including phenoxy) is 1. The Bertz CT molecular complexity index is 528. The average molecular weight is 266 g/mol. The molecule has 0 saturated carbocycles. The van der Waals surface area contributed by atoms with Crippen molar-refractivity contribution in [3.05, 3.63) is 47.0 Å². The van der Waals surface area contributed by atoms with Gasteiger partial charge in [0.15, 0.2) is 0 Å². The van der Waals surface area contributed by atoms with Gasteiger partial charge in [-0.05, 0) is 18.6 Å². The summed E-state index contributed by atoms with van der Waals surface area (Å²) in [6.07, 6.45) is 1.35. The van der Waals surface area contributed by atoms with E-state index in [-0.39, 0.29) is 0 Å². The van der Waals surface area contributed by atoms with Gasteiger partial charge >= 0.3 is 5.97 Å². The number of aromatic amines is 1. The van der Waals surface area contributed by atoms with Crippen molar-refractivity contribution in [2.75, 3.05) is 6.61 Å². The Kier molecular flexibility index (Phi) is 3.94. The molecule has 18 heavy (non-hydrogen) atoms. The lowest BCUT2D eigenvalue weighted by Gasteiger charge is -2.14. The van der Waals surface area contributed by atoms with Crippen molar-refractivity contribution in [1.82, 2.24) is 15.2 Å². The standard InChI is InChI=1S/C12H12ClN3O2/c1-2-18-12(17)10(11-14-7-15-16-11)8-5-3-4-6-9(8)13/h3-7,10H,2H2,1H3,(H,14,15,16). The van der Waals surface area contributed by atoms with Crippen LogP contribution in [0, 0.1) is 0 Å². The van der Waals surface area contributed by atoms with E-state index in [2.05, 4.69) is 15.2 Å². The molecule has 1 heterocycles. The lowest BCUT2D eigenvalue weighted by atomic mass is 9.98. The molecule has 1 aromatic carbocycles. The molecule has 0 spiro atoms. The van der Waals surface area contributed by atoms with Gasteiger partial charge in [-0.15, -0.1) is 0 Å². The van der Waals surface area contributed by atoms with Crippen molar-refractivity contribution >= 4 is 17.6 Å². The van der Waals surface area contributed by atoms with Crippen LogP contribution in [-0.2, 0) is 9.53 Å². The number of hydrogen-bond acceptors (Lipinski definition) is 4. The molecular weight excluding hydrogens is 254 g/mol. The van der Waals surface area contributed by atoms with Gasteiger partial charge in [0, 0.05) is 5.02 Å². The second-order valence-corrected chi connectivity index (χ2v) is 3.98. The Morgan fingerprint density at radius 2 is 2.28 bits per heavy atom. The van der Waals surface area contributed by atoms with E-state index >= 15 is 0 Å². The summed E-state index contributed by atoms with van der Waals surface area (Å²) in [4.78, 5) is 16.0. The van der Waals surface area contributed by atoms with Crippen molar-refractivity contribution < 1.29 is 9.53 Å². The van der Waals surface area contributed by atoms with Gasteiger partial charge in [-0.2, -0.15) is 5.10 Å². The summed E-state index contributed by atoms with van der Waals surface area (Å²) in [6, 6.07) is 7.10. The molecule has 0 amide bonds. The van der Waals surface area contributed by atoms with Gasteiger partial charge in [-0.3, -0.25) is 9.89 Å². The van der Waals surface area contributed by atoms with Crippen LogP contribution in [-0.4, -0.2) is 27.8 Å². The molecule has 0 fully saturated rings. The third-order valence-corrected chi connectivity index (χ3v) is 2.79. The van der Waals surface area contributed by atoms with E-state index in [1.165, 1.54) is 6.33 Å². The number of esters is 1. The van der Waals surface area contributed by atoms with Crippen LogP contribution >= 0.6 is 11.6 Å². The maximum absolute atomic E-state index is 12.0. The molecule has 1 unspecified atom stereocenters. The average Bonchev–Trinajstić information content (AvgIpc) is 2.86. The normalized spacial score (nSPS) is 12.1. The molecular formula is C12H12ClN3O2. The topological polar surface area (TPSA) is 67.9 Å². The van der Waals surface area contributed by atoms with Crippen LogP contribution < -0.4 is 0 Å². The third kappa shape index (κ3) is 2.51. The minimum Gasteiger partial charge on any atom is -0.465 e. The summed E-state index contributed by atoms with van der Waals surface area (Å²) >= 11 is 6.11. The Labute approximate surface area is 109 Å². The molecule has 1 N–H and O–H groups in total. The van der Waals surface area contributed by atoms with Crippen LogP contribution in [0.4, 0.5) is 0 Å². The zero-order valence-electron chi connectivity index (χ0n) is 9.76. The lowest BCUT2D eigenvalue weighted by molar-refractivity contribution is -0.144. The van der Waals surface area contributed by atoms with Gasteiger partial charge in [0.2, 0.25) is 0 Å². The summed E-state index contributed by atoms with van der Waals surface area (Å²) in [6.45, 7) is 2.05. The fourth-order valence-electron chi connectivity index (χ4n) is 1.67. The fourth-order valence-corrected chi connectivity index (χ4v) is 1.92. The molecule has 0 aliphatic rings. The van der Waals surface area contributed by atoms with Crippen molar-refractivity contribution in [1.29, 1.82) is 0 Å². The predicted molar refractivity (Wildman–Crippen MR) is 66.3 cm³/mol. The van der Waals surface area contributed by atoms with Gasteiger partial charge in [-0.25, -0.2) is 4.98 Å². The van der Waals surface area contributed by atoms with Crippen LogP contribution in [0.1, 0.15) is 24.2 Å². The number of nitrogens with one attached hydrogen (secondary N) is 1. The zero-order chi connectivity index (χ0) is 13.0. The van der Waals surface area contributed by atoms with Crippen LogP contribution in [0.25, 0.3) is 0 Å². The predicted octanol–water partition coefficient (Wildman–Crippen LogP) is 2.15. The molecule has 2 rings (SSSR count). The third-order valence-electron chi connectivity index (χ3n) is 2.45. The van der Waals surface area contributed by atoms with Gasteiger partial charge in [-0.1, -0.05) is 29.8 Å². The van der Waals surface area contributed by atoms with Crippen LogP contribution in [0.2, 0.25) is 5.02 Å². The van der Waals surface area contributed by atoms with Crippen LogP contribution in [0.5, 0.6) is 0 Å². The summed E-state index contributed by atoms with van der Waals surface area (Å²) in [7, 11) is 0. The molecule has 0 saturated heterocycles. The largest absolute Gasteiger partial charge is 0.465 e. The first-order valence-corrected chi connectivity index (χ1v) is 5.88. The number of H-pyrrole nitrogens is 1. The van der Waals surface area contributed by atoms with E-state index in [0.29, 0.717) is 23.0 Å². The van der Waals surface area contributed by atoms with Crippen molar-refractivity contribution in [3.63, 3.8) is 0 Å². The first-order valence-electron chi connectivity index (χ1n) is 5.50. The van der Waals surface area contributed by atoms with E-state index in [4.69, 9.17) is 16.3 Å². The van der Waals surface area contributed by atoms with E-state index < -0.39 is 11.9 Å². The number of carbonyl (C=O) groups is 1. The highest BCUT2D eigenvalue weighted by atomic mass is 35.5. The summed E-state index contributed by atoms with van der Waals surface area (Å²) in [5, 5.41) is 6.93. The molecule has 1 atom stereocenters. The summed E-state index contributed by atoms with van der Waals surface area (Å²) in [5.74, 6) is -0.662. The quantitative estimate of drug-likeness (QED) is 0.860. The van der Waals surface area contributed by atoms with Crippen LogP contribution in [0.15, 0.2) is 30.6 Å². The molecule has 0 aliphatic carbocycles. The lowest BCUT2D eigenvalue weighted by Crippen LogP contribution is -2.19. The maximum Gasteiger partial charge on any atom is 0.321 e. The number of halogens is 1. The number of nitrogens with zero attached hydrogens (tertiary/aromatic N) is 2. The molecule has 0 bridgehead atoms. The Morgan fingerprint density at radius 1 is 1.50 bits per heavy atom. The number of aromatic nitrogens is 3. The second-order valence-electron chi connectivity index (χ2n) is 3.58. The Morgan fingerprint density at radius 3 is 2.89 bits per heavy atom. The molecule has 94 valence electrons. The van der Waals surface area contributed by atoms with E-state index in [9.17, 15) is 4.79 Å². The van der Waals surface area contributed by atoms with E-state index in [0.717, 1.165) is 0 Å². The summed E-state index contributed by atoms with van der Waals surface area (Å²) < 4.78 is 5.05. The zero-order valence-corrected chi connectivity index (χ0v) is 10.5. The van der Waals surface area contributed by atoms with Crippen LogP contribution in [0.3, 0.4) is 0 Å². The molecule has 1 aromatic heterocycles. The molecule has 2 aromatic rings. The molecule has 5 nitrogen and oxygen atoms in total.